The third kappa shape index (κ3) is 2.54. The number of nitrogens with zero attached hydrogens (tertiary/aromatic N) is 4. The van der Waals surface area contributed by atoms with E-state index in [2.05, 4.69) is 9.97 Å². The maximum absolute atomic E-state index is 12.6. The Balaban J connectivity index is 1.50. The van der Waals surface area contributed by atoms with E-state index in [0.717, 1.165) is 12.1 Å². The third-order valence-electron chi connectivity index (χ3n) is 4.91. The van der Waals surface area contributed by atoms with Crippen LogP contribution in [0.5, 0.6) is 0 Å². The number of aromatic nitrogens is 2. The van der Waals surface area contributed by atoms with Crippen molar-refractivity contribution in [2.45, 2.75) is 12.8 Å². The Morgan fingerprint density at radius 2 is 1.88 bits per heavy atom. The fraction of sp³-hybridized carbons (Fsp3) is 0.333. The Morgan fingerprint density at radius 1 is 1.08 bits per heavy atom. The highest BCUT2D eigenvalue weighted by atomic mass is 16.2. The van der Waals surface area contributed by atoms with Crippen LogP contribution in [-0.4, -0.2) is 46.3 Å². The highest BCUT2D eigenvalue weighted by Gasteiger charge is 2.48. The molecule has 6 heteroatoms. The number of carbonyl (C=O) groups is 2. The molecule has 24 heavy (non-hydrogen) atoms. The minimum absolute atomic E-state index is 0.00717. The third-order valence-corrected chi connectivity index (χ3v) is 4.91. The topological polar surface area (TPSA) is 66.4 Å². The standard InChI is InChI=1S/C18H18N4O2/c23-16-9-18(13-22(16)15-4-2-7-20-11-15)5-8-21(12-18)17(24)14-3-1-6-19-10-14/h1-4,6-7,10-11H,5,8-9,12-13H2/t18-/m0/s1. The number of anilines is 1. The molecule has 2 aromatic heterocycles. The van der Waals surface area contributed by atoms with Gasteiger partial charge in [-0.3, -0.25) is 19.6 Å². The summed E-state index contributed by atoms with van der Waals surface area (Å²) in [7, 11) is 0. The Labute approximate surface area is 140 Å². The van der Waals surface area contributed by atoms with Crippen LogP contribution in [0.2, 0.25) is 0 Å². The second-order valence-electron chi connectivity index (χ2n) is 6.59. The van der Waals surface area contributed by atoms with E-state index >= 15 is 0 Å². The molecule has 4 heterocycles. The molecule has 0 N–H and O–H groups in total. The van der Waals surface area contributed by atoms with Crippen molar-refractivity contribution in [3.8, 4) is 0 Å². The molecule has 122 valence electrons. The fourth-order valence-electron chi connectivity index (χ4n) is 3.70. The van der Waals surface area contributed by atoms with Crippen LogP contribution in [0.15, 0.2) is 49.1 Å². The fourth-order valence-corrected chi connectivity index (χ4v) is 3.70. The second-order valence-corrected chi connectivity index (χ2v) is 6.59. The molecule has 0 saturated carbocycles. The summed E-state index contributed by atoms with van der Waals surface area (Å²) in [6.45, 7) is 1.94. The van der Waals surface area contributed by atoms with Gasteiger partial charge in [0.15, 0.2) is 0 Å². The molecule has 1 atom stereocenters. The molecular weight excluding hydrogens is 304 g/mol. The van der Waals surface area contributed by atoms with E-state index in [1.807, 2.05) is 17.0 Å². The number of amides is 2. The summed E-state index contributed by atoms with van der Waals surface area (Å²) in [6.07, 6.45) is 7.99. The molecule has 0 radical (unpaired) electrons. The first kappa shape index (κ1) is 14.8. The van der Waals surface area contributed by atoms with Gasteiger partial charge in [0, 0.05) is 50.1 Å². The summed E-state index contributed by atoms with van der Waals surface area (Å²) in [6, 6.07) is 7.28. The minimum atomic E-state index is -0.148. The SMILES string of the molecule is O=C(c1cccnc1)N1CC[C@]2(CC(=O)N(c3cccnc3)C2)C1. The lowest BCUT2D eigenvalue weighted by Gasteiger charge is -2.24. The van der Waals surface area contributed by atoms with E-state index in [1.165, 1.54) is 0 Å². The zero-order chi connectivity index (χ0) is 16.6. The van der Waals surface area contributed by atoms with Gasteiger partial charge in [-0.05, 0) is 30.7 Å². The maximum Gasteiger partial charge on any atom is 0.255 e. The van der Waals surface area contributed by atoms with Crippen molar-refractivity contribution in [2.75, 3.05) is 24.5 Å². The molecule has 2 saturated heterocycles. The highest BCUT2D eigenvalue weighted by molar-refractivity contribution is 5.97. The van der Waals surface area contributed by atoms with E-state index < -0.39 is 0 Å². The van der Waals surface area contributed by atoms with Crippen LogP contribution in [0.4, 0.5) is 5.69 Å². The summed E-state index contributed by atoms with van der Waals surface area (Å²) in [5.41, 5.74) is 1.28. The largest absolute Gasteiger partial charge is 0.338 e. The monoisotopic (exact) mass is 322 g/mol. The van der Waals surface area contributed by atoms with Crippen molar-refractivity contribution < 1.29 is 9.59 Å². The predicted octanol–water partition coefficient (Wildman–Crippen LogP) is 1.75. The van der Waals surface area contributed by atoms with Gasteiger partial charge in [-0.15, -0.1) is 0 Å². The molecule has 2 aliphatic rings. The van der Waals surface area contributed by atoms with Crippen LogP contribution in [0.25, 0.3) is 0 Å². The Bertz CT molecular complexity index is 765. The van der Waals surface area contributed by atoms with Crippen LogP contribution >= 0.6 is 0 Å². The summed E-state index contributed by atoms with van der Waals surface area (Å²) in [4.78, 5) is 36.8. The second kappa shape index (κ2) is 5.70. The molecule has 2 fully saturated rings. The van der Waals surface area contributed by atoms with E-state index in [9.17, 15) is 9.59 Å². The zero-order valence-corrected chi connectivity index (χ0v) is 13.3. The van der Waals surface area contributed by atoms with Crippen LogP contribution in [-0.2, 0) is 4.79 Å². The molecule has 6 nitrogen and oxygen atoms in total. The lowest BCUT2D eigenvalue weighted by molar-refractivity contribution is -0.117. The number of pyridine rings is 2. The lowest BCUT2D eigenvalue weighted by Crippen LogP contribution is -2.34. The van der Waals surface area contributed by atoms with Gasteiger partial charge in [-0.2, -0.15) is 0 Å². The Morgan fingerprint density at radius 3 is 2.58 bits per heavy atom. The summed E-state index contributed by atoms with van der Waals surface area (Å²) in [5.74, 6) is 0.103. The molecule has 2 aromatic rings. The van der Waals surface area contributed by atoms with Crippen molar-refractivity contribution in [3.05, 3.63) is 54.6 Å². The van der Waals surface area contributed by atoms with Gasteiger partial charge < -0.3 is 9.80 Å². The molecule has 2 amide bonds. The average molecular weight is 322 g/mol. The normalized spacial score (nSPS) is 23.2. The van der Waals surface area contributed by atoms with Crippen LogP contribution in [0.3, 0.4) is 0 Å². The van der Waals surface area contributed by atoms with E-state index in [0.29, 0.717) is 31.6 Å². The average Bonchev–Trinajstić information content (AvgIpc) is 3.19. The quantitative estimate of drug-likeness (QED) is 0.845. The summed E-state index contributed by atoms with van der Waals surface area (Å²) >= 11 is 0. The van der Waals surface area contributed by atoms with Crippen molar-refractivity contribution in [2.24, 2.45) is 5.41 Å². The molecule has 1 spiro atoms. The molecular formula is C18H18N4O2. The summed E-state index contributed by atoms with van der Waals surface area (Å²) in [5, 5.41) is 0. The number of hydrogen-bond donors (Lipinski definition) is 0. The number of likely N-dealkylation sites (tertiary alicyclic amines) is 1. The van der Waals surface area contributed by atoms with E-state index in [4.69, 9.17) is 0 Å². The smallest absolute Gasteiger partial charge is 0.255 e. The maximum atomic E-state index is 12.6. The molecule has 0 unspecified atom stereocenters. The number of carbonyl (C=O) groups excluding carboxylic acids is 2. The summed E-state index contributed by atoms with van der Waals surface area (Å²) < 4.78 is 0. The highest BCUT2D eigenvalue weighted by Crippen LogP contribution is 2.41. The van der Waals surface area contributed by atoms with Gasteiger partial charge in [-0.25, -0.2) is 0 Å². The molecule has 2 aliphatic heterocycles. The number of rotatable bonds is 2. The van der Waals surface area contributed by atoms with Gasteiger partial charge in [0.1, 0.15) is 0 Å². The first-order valence-corrected chi connectivity index (χ1v) is 8.07. The van der Waals surface area contributed by atoms with Gasteiger partial charge in [0.2, 0.25) is 5.91 Å². The van der Waals surface area contributed by atoms with Gasteiger partial charge in [0.25, 0.3) is 5.91 Å². The van der Waals surface area contributed by atoms with Gasteiger partial charge in [0.05, 0.1) is 17.4 Å². The van der Waals surface area contributed by atoms with Crippen LogP contribution < -0.4 is 4.90 Å². The Hall–Kier alpha value is -2.76. The zero-order valence-electron chi connectivity index (χ0n) is 13.3. The van der Waals surface area contributed by atoms with Crippen molar-refractivity contribution in [1.29, 1.82) is 0 Å². The number of hydrogen-bond acceptors (Lipinski definition) is 4. The van der Waals surface area contributed by atoms with E-state index in [1.54, 1.807) is 41.8 Å². The predicted molar refractivity (Wildman–Crippen MR) is 88.4 cm³/mol. The lowest BCUT2D eigenvalue weighted by atomic mass is 9.86. The first-order chi connectivity index (χ1) is 11.7. The molecule has 0 aromatic carbocycles. The van der Waals surface area contributed by atoms with Crippen LogP contribution in [0.1, 0.15) is 23.2 Å². The Kier molecular flexibility index (Phi) is 3.52. The van der Waals surface area contributed by atoms with Crippen molar-refractivity contribution >= 4 is 17.5 Å². The van der Waals surface area contributed by atoms with E-state index in [-0.39, 0.29) is 17.2 Å². The van der Waals surface area contributed by atoms with Crippen molar-refractivity contribution in [3.63, 3.8) is 0 Å². The molecule has 4 rings (SSSR count). The van der Waals surface area contributed by atoms with Crippen LogP contribution in [0, 0.1) is 5.41 Å². The minimum Gasteiger partial charge on any atom is -0.338 e. The molecule has 0 bridgehead atoms. The van der Waals surface area contributed by atoms with Gasteiger partial charge in [-0.1, -0.05) is 0 Å². The van der Waals surface area contributed by atoms with Crippen molar-refractivity contribution in [1.82, 2.24) is 14.9 Å². The van der Waals surface area contributed by atoms with Gasteiger partial charge >= 0.3 is 0 Å². The first-order valence-electron chi connectivity index (χ1n) is 8.07. The molecule has 0 aliphatic carbocycles.